The Morgan fingerprint density at radius 3 is 2.60 bits per heavy atom. The highest BCUT2D eigenvalue weighted by Crippen LogP contribution is 2.24. The first kappa shape index (κ1) is 19.0. The summed E-state index contributed by atoms with van der Waals surface area (Å²) in [5, 5.41) is 11.5. The number of nitrogens with zero attached hydrogens (tertiary/aromatic N) is 3. The minimum atomic E-state index is -3.31. The Morgan fingerprint density at radius 1 is 1.32 bits per heavy atom. The summed E-state index contributed by atoms with van der Waals surface area (Å²) in [6.07, 6.45) is 2.71. The van der Waals surface area contributed by atoms with Crippen molar-refractivity contribution in [1.29, 1.82) is 0 Å². The average molecular weight is 381 g/mol. The molecule has 0 saturated carbocycles. The second-order valence-corrected chi connectivity index (χ2v) is 7.89. The quantitative estimate of drug-likeness (QED) is 0.526. The second kappa shape index (κ2) is 8.17. The van der Waals surface area contributed by atoms with Crippen LogP contribution >= 0.6 is 11.8 Å². The summed E-state index contributed by atoms with van der Waals surface area (Å²) < 4.78 is 26.6. The van der Waals surface area contributed by atoms with E-state index in [9.17, 15) is 13.2 Å². The van der Waals surface area contributed by atoms with Gasteiger partial charge in [-0.1, -0.05) is 17.8 Å². The Morgan fingerprint density at radius 2 is 2.00 bits per heavy atom. The van der Waals surface area contributed by atoms with Gasteiger partial charge in [0, 0.05) is 24.8 Å². The smallest absolute Gasteiger partial charge is 0.230 e. The van der Waals surface area contributed by atoms with E-state index < -0.39 is 10.0 Å². The topological polar surface area (TPSA) is 106 Å². The number of carbonyl (C=O) groups is 1. The van der Waals surface area contributed by atoms with E-state index in [1.165, 1.54) is 11.8 Å². The van der Waals surface area contributed by atoms with E-state index >= 15 is 0 Å². The molecule has 0 bridgehead atoms. The highest BCUT2D eigenvalue weighted by atomic mass is 32.2. The summed E-state index contributed by atoms with van der Waals surface area (Å²) in [5.74, 6) is 0.752. The molecular formula is C15H19N5O3S2. The molecule has 8 nitrogen and oxygen atoms in total. The van der Waals surface area contributed by atoms with E-state index in [1.54, 1.807) is 34.9 Å². The molecular weight excluding hydrogens is 362 g/mol. The summed E-state index contributed by atoms with van der Waals surface area (Å²) >= 11 is 1.28. The molecule has 0 radical (unpaired) electrons. The molecule has 10 heteroatoms. The maximum atomic E-state index is 11.6. The van der Waals surface area contributed by atoms with E-state index in [2.05, 4.69) is 26.8 Å². The molecule has 134 valence electrons. The molecule has 0 aliphatic heterocycles. The zero-order valence-corrected chi connectivity index (χ0v) is 15.5. The number of carbonyl (C=O) groups excluding carboxylic acids is 1. The summed E-state index contributed by atoms with van der Waals surface area (Å²) in [4.78, 5) is 11.6. The van der Waals surface area contributed by atoms with E-state index in [0.29, 0.717) is 23.2 Å². The monoisotopic (exact) mass is 381 g/mol. The molecule has 0 atom stereocenters. The predicted octanol–water partition coefficient (Wildman–Crippen LogP) is 1.25. The number of aromatic nitrogens is 3. The Kier molecular flexibility index (Phi) is 6.21. The highest BCUT2D eigenvalue weighted by Gasteiger charge is 2.13. The van der Waals surface area contributed by atoms with Gasteiger partial charge in [0.25, 0.3) is 0 Å². The number of anilines is 1. The van der Waals surface area contributed by atoms with Crippen molar-refractivity contribution >= 4 is 33.4 Å². The zero-order chi connectivity index (χ0) is 18.4. The second-order valence-electron chi connectivity index (χ2n) is 5.20. The first-order valence-electron chi connectivity index (χ1n) is 7.28. The molecule has 0 unspecified atom stereocenters. The number of rotatable bonds is 8. The van der Waals surface area contributed by atoms with Crippen molar-refractivity contribution in [3.63, 3.8) is 0 Å². The van der Waals surface area contributed by atoms with Crippen LogP contribution in [0, 0.1) is 0 Å². The normalized spacial score (nSPS) is 11.1. The van der Waals surface area contributed by atoms with Gasteiger partial charge >= 0.3 is 0 Å². The van der Waals surface area contributed by atoms with Crippen molar-refractivity contribution in [1.82, 2.24) is 20.1 Å². The lowest BCUT2D eigenvalue weighted by Crippen LogP contribution is -2.25. The molecule has 2 N–H and O–H groups in total. The van der Waals surface area contributed by atoms with Crippen LogP contribution < -0.4 is 10.0 Å². The van der Waals surface area contributed by atoms with Gasteiger partial charge in [-0.05, 0) is 24.3 Å². The van der Waals surface area contributed by atoms with E-state index in [0.717, 1.165) is 11.8 Å². The van der Waals surface area contributed by atoms with Gasteiger partial charge in [0.2, 0.25) is 15.9 Å². The maximum absolute atomic E-state index is 11.6. The fraction of sp³-hybridized carbons (Fsp3) is 0.267. The first-order valence-corrected chi connectivity index (χ1v) is 10.2. The van der Waals surface area contributed by atoms with Crippen LogP contribution in [0.1, 0.15) is 0 Å². The van der Waals surface area contributed by atoms with E-state index in [1.807, 2.05) is 7.05 Å². The number of hydrogen-bond donors (Lipinski definition) is 2. The SMILES string of the molecule is C=CCNC(=O)CSc1nnc(-c2ccc(NS(C)(=O)=O)cc2)n1C. The van der Waals surface area contributed by atoms with Crippen LogP contribution in [0.25, 0.3) is 11.4 Å². The lowest BCUT2D eigenvalue weighted by Gasteiger charge is -2.06. The van der Waals surface area contributed by atoms with Gasteiger partial charge in [-0.15, -0.1) is 16.8 Å². The molecule has 0 spiro atoms. The van der Waals surface area contributed by atoms with Gasteiger partial charge in [-0.3, -0.25) is 9.52 Å². The number of thioether (sulfide) groups is 1. The molecule has 0 aliphatic rings. The van der Waals surface area contributed by atoms with Crippen LogP contribution in [0.3, 0.4) is 0 Å². The first-order chi connectivity index (χ1) is 11.8. The van der Waals surface area contributed by atoms with Crippen molar-refractivity contribution < 1.29 is 13.2 Å². The van der Waals surface area contributed by atoms with Crippen LogP contribution in [0.5, 0.6) is 0 Å². The molecule has 2 aromatic rings. The number of hydrogen-bond acceptors (Lipinski definition) is 6. The Hall–Kier alpha value is -2.33. The molecule has 1 aromatic heterocycles. The summed E-state index contributed by atoms with van der Waals surface area (Å²) in [6.45, 7) is 3.97. The van der Waals surface area contributed by atoms with Crippen LogP contribution in [-0.2, 0) is 21.9 Å². The van der Waals surface area contributed by atoms with Gasteiger partial charge in [0.15, 0.2) is 11.0 Å². The molecule has 1 amide bonds. The number of nitrogens with one attached hydrogen (secondary N) is 2. The van der Waals surface area contributed by atoms with Gasteiger partial charge in [-0.25, -0.2) is 8.42 Å². The third kappa shape index (κ3) is 5.61. The Balaban J connectivity index is 2.07. The van der Waals surface area contributed by atoms with Crippen molar-refractivity contribution in [3.8, 4) is 11.4 Å². The molecule has 0 fully saturated rings. The average Bonchev–Trinajstić information content (AvgIpc) is 2.91. The Labute approximate surface area is 150 Å². The van der Waals surface area contributed by atoms with Crippen molar-refractivity contribution in [2.75, 3.05) is 23.3 Å². The van der Waals surface area contributed by atoms with Crippen molar-refractivity contribution in [3.05, 3.63) is 36.9 Å². The fourth-order valence-electron chi connectivity index (χ4n) is 1.96. The van der Waals surface area contributed by atoms with Gasteiger partial charge in [0.1, 0.15) is 0 Å². The lowest BCUT2D eigenvalue weighted by molar-refractivity contribution is -0.118. The number of benzene rings is 1. The Bertz CT molecular complexity index is 860. The lowest BCUT2D eigenvalue weighted by atomic mass is 10.2. The van der Waals surface area contributed by atoms with Gasteiger partial charge in [-0.2, -0.15) is 0 Å². The summed E-state index contributed by atoms with van der Waals surface area (Å²) in [7, 11) is -1.50. The van der Waals surface area contributed by atoms with E-state index in [-0.39, 0.29) is 11.7 Å². The van der Waals surface area contributed by atoms with Crippen LogP contribution in [-0.4, -0.2) is 47.6 Å². The number of sulfonamides is 1. The van der Waals surface area contributed by atoms with Crippen LogP contribution in [0.2, 0.25) is 0 Å². The zero-order valence-electron chi connectivity index (χ0n) is 13.9. The molecule has 0 saturated heterocycles. The van der Waals surface area contributed by atoms with Gasteiger partial charge < -0.3 is 9.88 Å². The van der Waals surface area contributed by atoms with Crippen LogP contribution in [0.15, 0.2) is 42.1 Å². The van der Waals surface area contributed by atoms with Crippen LogP contribution in [0.4, 0.5) is 5.69 Å². The molecule has 2 rings (SSSR count). The van der Waals surface area contributed by atoms with Gasteiger partial charge in [0.05, 0.1) is 12.0 Å². The van der Waals surface area contributed by atoms with Crippen molar-refractivity contribution in [2.24, 2.45) is 7.05 Å². The molecule has 1 aromatic carbocycles. The minimum absolute atomic E-state index is 0.106. The standard InChI is InChI=1S/C15H19N5O3S2/c1-4-9-16-13(21)10-24-15-18-17-14(20(15)2)11-5-7-12(8-6-11)19-25(3,22)23/h4-8,19H,1,9-10H2,2-3H3,(H,16,21). The highest BCUT2D eigenvalue weighted by molar-refractivity contribution is 7.99. The predicted molar refractivity (Wildman–Crippen MR) is 98.8 cm³/mol. The largest absolute Gasteiger partial charge is 0.352 e. The summed E-state index contributed by atoms with van der Waals surface area (Å²) in [6, 6.07) is 6.81. The third-order valence-electron chi connectivity index (χ3n) is 3.06. The van der Waals surface area contributed by atoms with E-state index in [4.69, 9.17) is 0 Å². The number of amides is 1. The third-order valence-corrected chi connectivity index (χ3v) is 4.68. The molecule has 25 heavy (non-hydrogen) atoms. The minimum Gasteiger partial charge on any atom is -0.352 e. The molecule has 1 heterocycles. The maximum Gasteiger partial charge on any atom is 0.230 e. The van der Waals surface area contributed by atoms with Crippen molar-refractivity contribution in [2.45, 2.75) is 5.16 Å². The fourth-order valence-corrected chi connectivity index (χ4v) is 3.27. The summed E-state index contributed by atoms with van der Waals surface area (Å²) in [5.41, 5.74) is 1.26. The molecule has 0 aliphatic carbocycles.